The Kier molecular flexibility index (Phi) is 5.22. The van der Waals surface area contributed by atoms with Crippen molar-refractivity contribution in [3.05, 3.63) is 48.0 Å². The van der Waals surface area contributed by atoms with Crippen LogP contribution in [-0.2, 0) is 15.8 Å². The molecule has 0 radical (unpaired) electrons. The number of fused-ring (bicyclic) bond motifs is 1. The SMILES string of the molecule is COc1cccc2c1nnn2-c1ccc(CS(=O)(=O)N(C(=O)O)C(C)(C)C)cc1. The van der Waals surface area contributed by atoms with Gasteiger partial charge in [0.1, 0.15) is 5.75 Å². The third kappa shape index (κ3) is 4.02. The van der Waals surface area contributed by atoms with Crippen molar-refractivity contribution >= 4 is 27.1 Å². The first-order valence-corrected chi connectivity index (χ1v) is 10.4. The van der Waals surface area contributed by atoms with Crippen LogP contribution in [0.4, 0.5) is 4.79 Å². The number of benzene rings is 2. The maximum absolute atomic E-state index is 12.7. The smallest absolute Gasteiger partial charge is 0.421 e. The van der Waals surface area contributed by atoms with E-state index in [4.69, 9.17) is 4.74 Å². The number of carbonyl (C=O) groups is 1. The number of hydrogen-bond donors (Lipinski definition) is 1. The zero-order valence-corrected chi connectivity index (χ0v) is 17.3. The molecule has 2 aromatic carbocycles. The van der Waals surface area contributed by atoms with Gasteiger partial charge in [-0.15, -0.1) is 5.10 Å². The van der Waals surface area contributed by atoms with Gasteiger partial charge in [-0.1, -0.05) is 23.4 Å². The van der Waals surface area contributed by atoms with Crippen molar-refractivity contribution in [3.63, 3.8) is 0 Å². The van der Waals surface area contributed by atoms with Gasteiger partial charge in [-0.25, -0.2) is 17.9 Å². The van der Waals surface area contributed by atoms with Crippen LogP contribution in [0.3, 0.4) is 0 Å². The van der Waals surface area contributed by atoms with Gasteiger partial charge in [0.2, 0.25) is 10.0 Å². The van der Waals surface area contributed by atoms with E-state index >= 15 is 0 Å². The van der Waals surface area contributed by atoms with Crippen molar-refractivity contribution in [2.24, 2.45) is 0 Å². The summed E-state index contributed by atoms with van der Waals surface area (Å²) in [4.78, 5) is 11.5. The number of ether oxygens (including phenoxy) is 1. The van der Waals surface area contributed by atoms with E-state index in [1.165, 1.54) is 20.8 Å². The fourth-order valence-electron chi connectivity index (χ4n) is 3.11. The molecule has 0 unspecified atom stereocenters. The topological polar surface area (TPSA) is 115 Å². The Morgan fingerprint density at radius 2 is 1.83 bits per heavy atom. The second kappa shape index (κ2) is 7.36. The van der Waals surface area contributed by atoms with Gasteiger partial charge in [0.25, 0.3) is 0 Å². The van der Waals surface area contributed by atoms with Crippen molar-refractivity contribution in [2.75, 3.05) is 7.11 Å². The summed E-state index contributed by atoms with van der Waals surface area (Å²) in [6.45, 7) is 4.60. The van der Waals surface area contributed by atoms with Crippen LogP contribution in [0.1, 0.15) is 26.3 Å². The van der Waals surface area contributed by atoms with Gasteiger partial charge in [-0.2, -0.15) is 4.31 Å². The predicted molar refractivity (Wildman–Crippen MR) is 108 cm³/mol. The van der Waals surface area contributed by atoms with Crippen LogP contribution in [0.25, 0.3) is 16.7 Å². The first-order valence-electron chi connectivity index (χ1n) is 8.78. The van der Waals surface area contributed by atoms with E-state index in [2.05, 4.69) is 10.3 Å². The van der Waals surface area contributed by atoms with Crippen LogP contribution in [-0.4, -0.2) is 51.6 Å². The molecule has 10 heteroatoms. The zero-order valence-electron chi connectivity index (χ0n) is 16.5. The van der Waals surface area contributed by atoms with Gasteiger partial charge in [0.05, 0.1) is 29.6 Å². The third-order valence-electron chi connectivity index (χ3n) is 4.25. The minimum absolute atomic E-state index is 0.428. The first kappa shape index (κ1) is 20.6. The van der Waals surface area contributed by atoms with E-state index in [1.54, 1.807) is 42.1 Å². The highest BCUT2D eigenvalue weighted by molar-refractivity contribution is 7.88. The van der Waals surface area contributed by atoms with Crippen molar-refractivity contribution in [3.8, 4) is 11.4 Å². The number of nitrogens with zero attached hydrogens (tertiary/aromatic N) is 4. The minimum Gasteiger partial charge on any atom is -0.494 e. The highest BCUT2D eigenvalue weighted by Gasteiger charge is 2.37. The molecule has 1 heterocycles. The Balaban J connectivity index is 1.91. The van der Waals surface area contributed by atoms with Crippen molar-refractivity contribution in [1.82, 2.24) is 19.3 Å². The normalized spacial score (nSPS) is 12.1. The van der Waals surface area contributed by atoms with Crippen molar-refractivity contribution in [1.29, 1.82) is 0 Å². The second-order valence-corrected chi connectivity index (χ2v) is 9.29. The van der Waals surface area contributed by atoms with Gasteiger partial charge < -0.3 is 9.84 Å². The molecule has 154 valence electrons. The highest BCUT2D eigenvalue weighted by Crippen LogP contribution is 2.26. The molecule has 3 aromatic rings. The van der Waals surface area contributed by atoms with Gasteiger partial charge in [0, 0.05) is 0 Å². The third-order valence-corrected chi connectivity index (χ3v) is 6.21. The molecule has 1 amide bonds. The Labute approximate surface area is 168 Å². The lowest BCUT2D eigenvalue weighted by Gasteiger charge is -2.31. The number of amides is 1. The Morgan fingerprint density at radius 3 is 2.38 bits per heavy atom. The minimum atomic E-state index is -4.06. The molecule has 0 aliphatic rings. The summed E-state index contributed by atoms with van der Waals surface area (Å²) >= 11 is 0. The number of carboxylic acid groups (broad SMARTS) is 1. The molecule has 29 heavy (non-hydrogen) atoms. The average molecular weight is 418 g/mol. The molecule has 3 rings (SSSR count). The van der Waals surface area contributed by atoms with E-state index in [1.807, 2.05) is 12.1 Å². The summed E-state index contributed by atoms with van der Waals surface area (Å²) in [5, 5.41) is 17.6. The molecule has 9 nitrogen and oxygen atoms in total. The summed E-state index contributed by atoms with van der Waals surface area (Å²) in [6.07, 6.45) is -1.50. The van der Waals surface area contributed by atoms with Crippen LogP contribution in [0, 0.1) is 0 Å². The maximum atomic E-state index is 12.7. The van der Waals surface area contributed by atoms with Crippen LogP contribution in [0.2, 0.25) is 0 Å². The van der Waals surface area contributed by atoms with E-state index < -0.39 is 27.4 Å². The summed E-state index contributed by atoms with van der Waals surface area (Å²) in [7, 11) is -2.50. The van der Waals surface area contributed by atoms with Gasteiger partial charge in [-0.3, -0.25) is 0 Å². The molecule has 0 atom stereocenters. The molecular weight excluding hydrogens is 396 g/mol. The zero-order chi connectivity index (χ0) is 21.4. The van der Waals surface area contributed by atoms with E-state index in [9.17, 15) is 18.3 Å². The van der Waals surface area contributed by atoms with Gasteiger partial charge >= 0.3 is 6.09 Å². The molecular formula is C19H22N4O5S. The molecule has 0 aliphatic carbocycles. The number of sulfonamides is 1. The largest absolute Gasteiger partial charge is 0.494 e. The summed E-state index contributed by atoms with van der Waals surface area (Å²) in [5.74, 6) is 0.176. The van der Waals surface area contributed by atoms with Gasteiger partial charge in [-0.05, 0) is 50.6 Å². The summed E-state index contributed by atoms with van der Waals surface area (Å²) in [5.41, 5.74) is 1.43. The predicted octanol–water partition coefficient (Wildman–Crippen LogP) is 3.04. The fourth-order valence-corrected chi connectivity index (χ4v) is 4.92. The lowest BCUT2D eigenvalue weighted by molar-refractivity contribution is 0.146. The van der Waals surface area contributed by atoms with Crippen LogP contribution in [0.5, 0.6) is 5.75 Å². The van der Waals surface area contributed by atoms with Crippen LogP contribution in [0.15, 0.2) is 42.5 Å². The summed E-state index contributed by atoms with van der Waals surface area (Å²) in [6, 6.07) is 12.1. The standard InChI is InChI=1S/C19H22N4O5S/c1-19(2,3)23(18(24)25)29(26,27)12-13-8-10-14(11-9-13)22-15-6-5-7-16(28-4)17(15)20-21-22/h5-11H,12H2,1-4H3,(H,24,25). The van der Waals surface area contributed by atoms with Crippen LogP contribution >= 0.6 is 0 Å². The Hall–Kier alpha value is -3.14. The molecule has 0 bridgehead atoms. The molecule has 0 aliphatic heterocycles. The van der Waals surface area contributed by atoms with Crippen LogP contribution < -0.4 is 4.74 Å². The maximum Gasteiger partial charge on any atom is 0.421 e. The van der Waals surface area contributed by atoms with Crippen molar-refractivity contribution in [2.45, 2.75) is 32.1 Å². The number of rotatable bonds is 5. The number of methoxy groups -OCH3 is 1. The molecule has 0 saturated carbocycles. The molecule has 1 aromatic heterocycles. The molecule has 0 fully saturated rings. The molecule has 1 N–H and O–H groups in total. The average Bonchev–Trinajstić information content (AvgIpc) is 3.04. The number of hydrogen-bond acceptors (Lipinski definition) is 6. The molecule has 0 spiro atoms. The van der Waals surface area contributed by atoms with E-state index in [0.29, 0.717) is 26.8 Å². The lowest BCUT2D eigenvalue weighted by Crippen LogP contribution is -2.49. The Bertz CT molecular complexity index is 1150. The van der Waals surface area contributed by atoms with Gasteiger partial charge in [0.15, 0.2) is 5.52 Å². The summed E-state index contributed by atoms with van der Waals surface area (Å²) < 4.78 is 32.7. The van der Waals surface area contributed by atoms with E-state index in [0.717, 1.165) is 5.52 Å². The van der Waals surface area contributed by atoms with Crippen molar-refractivity contribution < 1.29 is 23.1 Å². The lowest BCUT2D eigenvalue weighted by atomic mass is 10.1. The number of aromatic nitrogens is 3. The Morgan fingerprint density at radius 1 is 1.17 bits per heavy atom. The van der Waals surface area contributed by atoms with E-state index in [-0.39, 0.29) is 0 Å². The highest BCUT2D eigenvalue weighted by atomic mass is 32.2. The quantitative estimate of drug-likeness (QED) is 0.677. The first-order chi connectivity index (χ1) is 13.5. The molecule has 0 saturated heterocycles. The second-order valence-electron chi connectivity index (χ2n) is 7.47. The fraction of sp³-hybridized carbons (Fsp3) is 0.316. The monoisotopic (exact) mass is 418 g/mol.